The first kappa shape index (κ1) is 18.7. The largest absolute Gasteiger partial charge is 0.344 e. The van der Waals surface area contributed by atoms with Crippen LogP contribution in [0.4, 0.5) is 5.95 Å². The minimum absolute atomic E-state index is 0.159. The number of carbonyl (C=O) groups is 1. The lowest BCUT2D eigenvalue weighted by atomic mass is 10.1. The molecule has 5 nitrogen and oxygen atoms in total. The smallest absolute Gasteiger partial charge is 0.272 e. The number of halogens is 2. The van der Waals surface area contributed by atoms with Crippen LogP contribution in [0, 0.1) is 0 Å². The Morgan fingerprint density at radius 1 is 1.29 bits per heavy atom. The van der Waals surface area contributed by atoms with Gasteiger partial charge in [-0.3, -0.25) is 4.79 Å². The fraction of sp³-hybridized carbons (Fsp3) is 0.353. The summed E-state index contributed by atoms with van der Waals surface area (Å²) in [6, 6.07) is 7.63. The van der Waals surface area contributed by atoms with Crippen molar-refractivity contribution in [3.8, 4) is 0 Å². The summed E-state index contributed by atoms with van der Waals surface area (Å²) in [6.45, 7) is 7.46. The number of amides is 1. The van der Waals surface area contributed by atoms with Crippen LogP contribution in [0.15, 0.2) is 34.9 Å². The van der Waals surface area contributed by atoms with E-state index in [0.717, 1.165) is 23.1 Å². The molecule has 2 rings (SSSR count). The summed E-state index contributed by atoms with van der Waals surface area (Å²) in [5.74, 6) is 0.192. The molecular formula is C17H20BrClN4O. The summed E-state index contributed by atoms with van der Waals surface area (Å²) in [5, 5.41) is 3.17. The van der Waals surface area contributed by atoms with Crippen LogP contribution in [-0.4, -0.2) is 29.0 Å². The number of anilines is 1. The normalized spacial score (nSPS) is 11.9. The van der Waals surface area contributed by atoms with Gasteiger partial charge in [-0.2, -0.15) is 0 Å². The van der Waals surface area contributed by atoms with E-state index in [0.29, 0.717) is 5.95 Å². The average Bonchev–Trinajstić information content (AvgIpc) is 2.57. The molecule has 1 unspecified atom stereocenters. The highest BCUT2D eigenvalue weighted by atomic mass is 79.9. The minimum atomic E-state index is -0.314. The van der Waals surface area contributed by atoms with E-state index in [1.165, 1.54) is 6.20 Å². The predicted octanol–water partition coefficient (Wildman–Crippen LogP) is 4.23. The number of hydrogen-bond acceptors (Lipinski definition) is 4. The van der Waals surface area contributed by atoms with E-state index in [4.69, 9.17) is 11.6 Å². The Bertz CT molecular complexity index is 704. The second-order valence-corrected chi connectivity index (χ2v) is 6.61. The van der Waals surface area contributed by atoms with E-state index in [1.807, 2.05) is 49.9 Å². The molecule has 2 aromatic rings. The highest BCUT2D eigenvalue weighted by molar-refractivity contribution is 9.10. The third-order valence-electron chi connectivity index (χ3n) is 3.71. The maximum absolute atomic E-state index is 12.6. The third-order valence-corrected chi connectivity index (χ3v) is 4.52. The lowest BCUT2D eigenvalue weighted by Crippen LogP contribution is -2.30. The van der Waals surface area contributed by atoms with Gasteiger partial charge in [0.25, 0.3) is 5.91 Å². The Kier molecular flexibility index (Phi) is 6.57. The van der Waals surface area contributed by atoms with Crippen molar-refractivity contribution >= 4 is 39.4 Å². The number of carbonyl (C=O) groups excluding carboxylic acids is 1. The van der Waals surface area contributed by atoms with Gasteiger partial charge in [-0.05, 0) is 38.5 Å². The molecule has 128 valence electrons. The van der Waals surface area contributed by atoms with E-state index in [9.17, 15) is 4.79 Å². The van der Waals surface area contributed by atoms with Gasteiger partial charge in [0.2, 0.25) is 5.95 Å². The van der Waals surface area contributed by atoms with Crippen molar-refractivity contribution in [3.05, 3.63) is 51.2 Å². The Labute approximate surface area is 155 Å². The molecule has 0 saturated heterocycles. The molecule has 1 amide bonds. The predicted molar refractivity (Wildman–Crippen MR) is 101 cm³/mol. The zero-order valence-electron chi connectivity index (χ0n) is 13.9. The SMILES string of the molecule is CCN(CC)c1ncc(Cl)c(C(=O)NC(C)c2ccc(Br)cc2)n1. The Balaban J connectivity index is 2.19. The van der Waals surface area contributed by atoms with Gasteiger partial charge in [0.15, 0.2) is 5.69 Å². The van der Waals surface area contributed by atoms with Crippen LogP contribution in [-0.2, 0) is 0 Å². The molecule has 1 aromatic heterocycles. The lowest BCUT2D eigenvalue weighted by molar-refractivity contribution is 0.0935. The molecule has 7 heteroatoms. The summed E-state index contributed by atoms with van der Waals surface area (Å²) in [5.41, 5.74) is 1.19. The molecule has 0 aliphatic carbocycles. The van der Waals surface area contributed by atoms with Gasteiger partial charge in [-0.25, -0.2) is 9.97 Å². The van der Waals surface area contributed by atoms with Gasteiger partial charge >= 0.3 is 0 Å². The molecule has 0 aliphatic rings. The first-order chi connectivity index (χ1) is 11.5. The van der Waals surface area contributed by atoms with Crippen molar-refractivity contribution in [3.63, 3.8) is 0 Å². The summed E-state index contributed by atoms with van der Waals surface area (Å²) in [6.07, 6.45) is 1.47. The van der Waals surface area contributed by atoms with Crippen LogP contribution in [0.1, 0.15) is 42.9 Å². The van der Waals surface area contributed by atoms with Crippen molar-refractivity contribution < 1.29 is 4.79 Å². The first-order valence-corrected chi connectivity index (χ1v) is 8.97. The number of benzene rings is 1. The van der Waals surface area contributed by atoms with E-state index >= 15 is 0 Å². The van der Waals surface area contributed by atoms with Crippen molar-refractivity contribution in [2.24, 2.45) is 0 Å². The molecular weight excluding hydrogens is 392 g/mol. The standard InChI is InChI=1S/C17H20BrClN4O/c1-4-23(5-2)17-20-10-14(19)15(22-17)16(24)21-11(3)12-6-8-13(18)9-7-12/h6-11H,4-5H2,1-3H3,(H,21,24). The number of hydrogen-bond donors (Lipinski definition) is 1. The molecule has 0 saturated carbocycles. The fourth-order valence-electron chi connectivity index (χ4n) is 2.28. The molecule has 0 aliphatic heterocycles. The summed E-state index contributed by atoms with van der Waals surface area (Å²) >= 11 is 9.52. The quantitative estimate of drug-likeness (QED) is 0.773. The zero-order chi connectivity index (χ0) is 17.7. The number of rotatable bonds is 6. The summed E-state index contributed by atoms with van der Waals surface area (Å²) in [7, 11) is 0. The van der Waals surface area contributed by atoms with Crippen LogP contribution < -0.4 is 10.2 Å². The van der Waals surface area contributed by atoms with Gasteiger partial charge < -0.3 is 10.2 Å². The van der Waals surface area contributed by atoms with Crippen molar-refractivity contribution in [2.45, 2.75) is 26.8 Å². The van der Waals surface area contributed by atoms with Gasteiger partial charge in [-0.15, -0.1) is 0 Å². The minimum Gasteiger partial charge on any atom is -0.344 e. The first-order valence-electron chi connectivity index (χ1n) is 7.80. The number of nitrogens with one attached hydrogen (secondary N) is 1. The maximum atomic E-state index is 12.6. The molecule has 0 spiro atoms. The molecule has 24 heavy (non-hydrogen) atoms. The van der Waals surface area contributed by atoms with Gasteiger partial charge in [0, 0.05) is 17.6 Å². The molecule has 1 heterocycles. The Hall–Kier alpha value is -1.66. The monoisotopic (exact) mass is 410 g/mol. The van der Waals surface area contributed by atoms with E-state index < -0.39 is 0 Å². The van der Waals surface area contributed by atoms with Crippen LogP contribution in [0.3, 0.4) is 0 Å². The van der Waals surface area contributed by atoms with E-state index in [-0.39, 0.29) is 22.7 Å². The molecule has 1 atom stereocenters. The van der Waals surface area contributed by atoms with Gasteiger partial charge in [-0.1, -0.05) is 39.7 Å². The van der Waals surface area contributed by atoms with Crippen LogP contribution in [0.2, 0.25) is 5.02 Å². The van der Waals surface area contributed by atoms with Crippen molar-refractivity contribution in [2.75, 3.05) is 18.0 Å². The van der Waals surface area contributed by atoms with Crippen LogP contribution in [0.5, 0.6) is 0 Å². The maximum Gasteiger partial charge on any atom is 0.272 e. The van der Waals surface area contributed by atoms with E-state index in [2.05, 4.69) is 31.2 Å². The average molecular weight is 412 g/mol. The number of nitrogens with zero attached hydrogens (tertiary/aromatic N) is 3. The summed E-state index contributed by atoms with van der Waals surface area (Å²) < 4.78 is 0.993. The second kappa shape index (κ2) is 8.44. The number of aromatic nitrogens is 2. The Morgan fingerprint density at radius 3 is 2.50 bits per heavy atom. The van der Waals surface area contributed by atoms with Crippen molar-refractivity contribution in [1.82, 2.24) is 15.3 Å². The fourth-order valence-corrected chi connectivity index (χ4v) is 2.72. The van der Waals surface area contributed by atoms with Crippen LogP contribution in [0.25, 0.3) is 0 Å². The molecule has 1 aromatic carbocycles. The molecule has 0 bridgehead atoms. The van der Waals surface area contributed by atoms with E-state index in [1.54, 1.807) is 0 Å². The molecule has 0 fully saturated rings. The highest BCUT2D eigenvalue weighted by Gasteiger charge is 2.18. The van der Waals surface area contributed by atoms with Gasteiger partial charge in [0.05, 0.1) is 17.3 Å². The molecule has 1 N–H and O–H groups in total. The topological polar surface area (TPSA) is 58.1 Å². The summed E-state index contributed by atoms with van der Waals surface area (Å²) in [4.78, 5) is 23.1. The second-order valence-electron chi connectivity index (χ2n) is 5.29. The molecule has 0 radical (unpaired) electrons. The Morgan fingerprint density at radius 2 is 1.92 bits per heavy atom. The van der Waals surface area contributed by atoms with Gasteiger partial charge in [0.1, 0.15) is 0 Å². The zero-order valence-corrected chi connectivity index (χ0v) is 16.2. The van der Waals surface area contributed by atoms with Crippen molar-refractivity contribution in [1.29, 1.82) is 0 Å². The highest BCUT2D eigenvalue weighted by Crippen LogP contribution is 2.20. The van der Waals surface area contributed by atoms with Crippen LogP contribution >= 0.6 is 27.5 Å². The lowest BCUT2D eigenvalue weighted by Gasteiger charge is -2.19. The third kappa shape index (κ3) is 4.45.